The first kappa shape index (κ1) is 22.0. The first-order valence-corrected chi connectivity index (χ1v) is 8.83. The summed E-state index contributed by atoms with van der Waals surface area (Å²) >= 11 is 0. The van der Waals surface area contributed by atoms with Gasteiger partial charge in [0.15, 0.2) is 0 Å². The van der Waals surface area contributed by atoms with Crippen LogP contribution >= 0.6 is 0 Å². The summed E-state index contributed by atoms with van der Waals surface area (Å²) in [5.74, 6) is -0.270. The molecule has 3 N–H and O–H groups in total. The fourth-order valence-corrected chi connectivity index (χ4v) is 2.26. The summed E-state index contributed by atoms with van der Waals surface area (Å²) in [5.41, 5.74) is -1.34. The van der Waals surface area contributed by atoms with Gasteiger partial charge >= 0.3 is 12.2 Å². The maximum atomic E-state index is 12.7. The van der Waals surface area contributed by atoms with Crippen molar-refractivity contribution >= 4 is 18.1 Å². The van der Waals surface area contributed by atoms with Crippen LogP contribution in [0, 0.1) is 0 Å². The minimum Gasteiger partial charge on any atom is -0.444 e. The third kappa shape index (κ3) is 8.89. The van der Waals surface area contributed by atoms with Gasteiger partial charge in [0, 0.05) is 26.2 Å². The van der Waals surface area contributed by atoms with E-state index in [4.69, 9.17) is 9.47 Å². The Morgan fingerprint density at radius 2 is 1.46 bits per heavy atom. The smallest absolute Gasteiger partial charge is 0.408 e. The Balaban J connectivity index is 2.72. The van der Waals surface area contributed by atoms with Crippen LogP contribution < -0.4 is 16.0 Å². The van der Waals surface area contributed by atoms with Crippen LogP contribution in [0.3, 0.4) is 0 Å². The minimum atomic E-state index is -0.935. The number of amides is 3. The molecular formula is C17H32N4O5. The molecule has 0 spiro atoms. The molecule has 0 aromatic carbocycles. The van der Waals surface area contributed by atoms with Gasteiger partial charge in [-0.05, 0) is 41.5 Å². The van der Waals surface area contributed by atoms with Crippen LogP contribution in [-0.2, 0) is 14.3 Å². The van der Waals surface area contributed by atoms with Crippen molar-refractivity contribution < 1.29 is 23.9 Å². The van der Waals surface area contributed by atoms with Crippen molar-refractivity contribution in [2.75, 3.05) is 32.7 Å². The summed E-state index contributed by atoms with van der Waals surface area (Å²) in [6.07, 6.45) is -1.36. The summed E-state index contributed by atoms with van der Waals surface area (Å²) in [6, 6.07) is -0.935. The Kier molecular flexibility index (Phi) is 7.68. The standard InChI is InChI=1S/C17H32N4O5/c1-16(2,3)25-14(23)19-11-12(20-15(24)26-17(4,5)6)13(22)21-9-7-18-8-10-21/h12,18H,7-11H2,1-6H3,(H,19,23)(H,20,24)/t12-/m0/s1. The SMILES string of the molecule is CC(C)(C)OC(=O)NC[C@H](NC(=O)OC(C)(C)C)C(=O)N1CCNCC1. The molecule has 1 aliphatic rings. The van der Waals surface area contributed by atoms with Crippen molar-refractivity contribution in [3.63, 3.8) is 0 Å². The second kappa shape index (κ2) is 9.07. The Morgan fingerprint density at radius 3 is 1.96 bits per heavy atom. The number of alkyl carbamates (subject to hydrolysis) is 2. The van der Waals surface area contributed by atoms with E-state index >= 15 is 0 Å². The molecule has 0 unspecified atom stereocenters. The number of piperazine rings is 1. The molecule has 0 aromatic rings. The molecule has 3 amide bonds. The van der Waals surface area contributed by atoms with Crippen molar-refractivity contribution in [3.05, 3.63) is 0 Å². The van der Waals surface area contributed by atoms with E-state index in [1.165, 1.54) is 0 Å². The summed E-state index contributed by atoms with van der Waals surface area (Å²) in [4.78, 5) is 38.3. The fraction of sp³-hybridized carbons (Fsp3) is 0.824. The van der Waals surface area contributed by atoms with Crippen LogP contribution in [-0.4, -0.2) is 73.0 Å². The second-order valence-electron chi connectivity index (χ2n) is 8.16. The summed E-state index contributed by atoms with van der Waals surface area (Å²) in [6.45, 7) is 12.8. The number of nitrogens with one attached hydrogen (secondary N) is 3. The normalized spacial score (nSPS) is 16.5. The highest BCUT2D eigenvalue weighted by Gasteiger charge is 2.29. The van der Waals surface area contributed by atoms with Gasteiger partial charge < -0.3 is 30.3 Å². The molecule has 1 rings (SSSR count). The van der Waals surface area contributed by atoms with E-state index in [9.17, 15) is 14.4 Å². The van der Waals surface area contributed by atoms with Crippen LogP contribution in [0.25, 0.3) is 0 Å². The van der Waals surface area contributed by atoms with Crippen LogP contribution in [0.2, 0.25) is 0 Å². The zero-order chi connectivity index (χ0) is 20.0. The highest BCUT2D eigenvalue weighted by atomic mass is 16.6. The van der Waals surface area contributed by atoms with E-state index < -0.39 is 29.4 Å². The molecule has 1 atom stereocenters. The molecule has 0 radical (unpaired) electrons. The number of hydrogen-bond donors (Lipinski definition) is 3. The van der Waals surface area contributed by atoms with E-state index in [2.05, 4.69) is 16.0 Å². The van der Waals surface area contributed by atoms with Gasteiger partial charge in [-0.3, -0.25) is 4.79 Å². The van der Waals surface area contributed by atoms with Gasteiger partial charge in [-0.25, -0.2) is 9.59 Å². The maximum absolute atomic E-state index is 12.7. The Hall–Kier alpha value is -2.03. The topological polar surface area (TPSA) is 109 Å². The van der Waals surface area contributed by atoms with Gasteiger partial charge in [-0.2, -0.15) is 0 Å². The lowest BCUT2D eigenvalue weighted by molar-refractivity contribution is -0.133. The van der Waals surface area contributed by atoms with Crippen LogP contribution in [0.5, 0.6) is 0 Å². The molecule has 0 saturated carbocycles. The lowest BCUT2D eigenvalue weighted by Gasteiger charge is -2.31. The molecule has 9 heteroatoms. The van der Waals surface area contributed by atoms with Gasteiger partial charge in [-0.1, -0.05) is 0 Å². The molecule has 1 fully saturated rings. The Morgan fingerprint density at radius 1 is 0.962 bits per heavy atom. The molecule has 150 valence electrons. The third-order valence-electron chi connectivity index (χ3n) is 3.27. The quantitative estimate of drug-likeness (QED) is 0.675. The zero-order valence-corrected chi connectivity index (χ0v) is 16.6. The highest BCUT2D eigenvalue weighted by Crippen LogP contribution is 2.08. The molecule has 0 aliphatic carbocycles. The van der Waals surface area contributed by atoms with E-state index in [0.717, 1.165) is 0 Å². The number of ether oxygens (including phenoxy) is 2. The van der Waals surface area contributed by atoms with Crippen molar-refractivity contribution in [2.45, 2.75) is 58.8 Å². The van der Waals surface area contributed by atoms with E-state index in [1.54, 1.807) is 46.4 Å². The fourth-order valence-electron chi connectivity index (χ4n) is 2.26. The van der Waals surface area contributed by atoms with Crippen LogP contribution in [0.15, 0.2) is 0 Å². The average Bonchev–Trinajstić information content (AvgIpc) is 2.48. The first-order valence-electron chi connectivity index (χ1n) is 8.83. The average molecular weight is 372 g/mol. The minimum absolute atomic E-state index is 0.0864. The van der Waals surface area contributed by atoms with Gasteiger partial charge in [0.2, 0.25) is 5.91 Å². The maximum Gasteiger partial charge on any atom is 0.408 e. The van der Waals surface area contributed by atoms with Gasteiger partial charge in [-0.15, -0.1) is 0 Å². The van der Waals surface area contributed by atoms with Crippen molar-refractivity contribution in [3.8, 4) is 0 Å². The molecule has 1 aliphatic heterocycles. The predicted molar refractivity (Wildman–Crippen MR) is 96.8 cm³/mol. The van der Waals surface area contributed by atoms with Crippen molar-refractivity contribution in [2.24, 2.45) is 0 Å². The highest BCUT2D eigenvalue weighted by molar-refractivity contribution is 5.86. The van der Waals surface area contributed by atoms with Crippen molar-refractivity contribution in [1.82, 2.24) is 20.9 Å². The van der Waals surface area contributed by atoms with Crippen molar-refractivity contribution in [1.29, 1.82) is 0 Å². The lowest BCUT2D eigenvalue weighted by atomic mass is 10.2. The van der Waals surface area contributed by atoms with Crippen LogP contribution in [0.4, 0.5) is 9.59 Å². The molecule has 9 nitrogen and oxygen atoms in total. The molecule has 26 heavy (non-hydrogen) atoms. The summed E-state index contributed by atoms with van der Waals surface area (Å²) in [7, 11) is 0. The number of hydrogen-bond acceptors (Lipinski definition) is 6. The first-order chi connectivity index (χ1) is 11.9. The monoisotopic (exact) mass is 372 g/mol. The second-order valence-corrected chi connectivity index (χ2v) is 8.16. The van der Waals surface area contributed by atoms with Gasteiger partial charge in [0.05, 0.1) is 6.54 Å². The van der Waals surface area contributed by atoms with Crippen LogP contribution in [0.1, 0.15) is 41.5 Å². The van der Waals surface area contributed by atoms with E-state index in [1.807, 2.05) is 0 Å². The number of nitrogens with zero attached hydrogens (tertiary/aromatic N) is 1. The number of carbonyl (C=O) groups excluding carboxylic acids is 3. The number of rotatable bonds is 4. The molecular weight excluding hydrogens is 340 g/mol. The molecule has 1 saturated heterocycles. The molecule has 1 heterocycles. The van der Waals surface area contributed by atoms with Gasteiger partial charge in [0.1, 0.15) is 17.2 Å². The summed E-state index contributed by atoms with van der Waals surface area (Å²) < 4.78 is 10.4. The number of carbonyl (C=O) groups is 3. The van der Waals surface area contributed by atoms with E-state index in [-0.39, 0.29) is 12.5 Å². The Bertz CT molecular complexity index is 504. The zero-order valence-electron chi connectivity index (χ0n) is 16.6. The largest absolute Gasteiger partial charge is 0.444 e. The van der Waals surface area contributed by atoms with Gasteiger partial charge in [0.25, 0.3) is 0 Å². The Labute approximate surface area is 155 Å². The predicted octanol–water partition coefficient (Wildman–Crippen LogP) is 0.836. The molecule has 0 aromatic heterocycles. The molecule has 0 bridgehead atoms. The lowest BCUT2D eigenvalue weighted by Crippen LogP contribution is -2.57. The third-order valence-corrected chi connectivity index (χ3v) is 3.27. The summed E-state index contributed by atoms with van der Waals surface area (Å²) in [5, 5.41) is 8.24. The van der Waals surface area contributed by atoms with E-state index in [0.29, 0.717) is 26.2 Å².